The van der Waals surface area contributed by atoms with Gasteiger partial charge in [-0.05, 0) is 12.5 Å². The molecule has 1 fully saturated rings. The summed E-state index contributed by atoms with van der Waals surface area (Å²) >= 11 is 0. The van der Waals surface area contributed by atoms with Crippen molar-refractivity contribution in [3.8, 4) is 0 Å². The van der Waals surface area contributed by atoms with Gasteiger partial charge in [-0.1, -0.05) is 36.4 Å². The summed E-state index contributed by atoms with van der Waals surface area (Å²) < 4.78 is 10.5. The van der Waals surface area contributed by atoms with E-state index in [0.29, 0.717) is 6.61 Å². The Kier molecular flexibility index (Phi) is 6.71. The number of β-lactam (4-membered cyclic amide) rings is 1. The number of hydrogen-bond acceptors (Lipinski definition) is 5. The molecular formula is C18H22N2O5. The van der Waals surface area contributed by atoms with Crippen LogP contribution in [0, 0.1) is 5.92 Å². The molecule has 1 aromatic rings. The minimum atomic E-state index is -0.608. The third-order valence-electron chi connectivity index (χ3n) is 3.82. The van der Waals surface area contributed by atoms with Gasteiger partial charge in [-0.3, -0.25) is 9.69 Å². The number of imide groups is 1. The van der Waals surface area contributed by atoms with Gasteiger partial charge < -0.3 is 14.8 Å². The molecule has 3 amide bonds. The fourth-order valence-corrected chi connectivity index (χ4v) is 2.39. The van der Waals surface area contributed by atoms with Crippen LogP contribution < -0.4 is 5.32 Å². The second-order valence-electron chi connectivity index (χ2n) is 5.70. The fraction of sp³-hybridized carbons (Fsp3) is 0.389. The second-order valence-corrected chi connectivity index (χ2v) is 5.70. The minimum absolute atomic E-state index is 0.191. The molecule has 1 aliphatic rings. The van der Waals surface area contributed by atoms with Gasteiger partial charge in [0.05, 0.1) is 12.5 Å². The van der Waals surface area contributed by atoms with Crippen molar-refractivity contribution in [2.24, 2.45) is 5.92 Å². The first kappa shape index (κ1) is 18.7. The van der Waals surface area contributed by atoms with Gasteiger partial charge in [0, 0.05) is 13.1 Å². The molecule has 1 aliphatic heterocycles. The lowest BCUT2D eigenvalue weighted by atomic mass is 9.93. The molecule has 1 N–H and O–H groups in total. The second kappa shape index (κ2) is 8.98. The Labute approximate surface area is 146 Å². The molecule has 1 heterocycles. The third-order valence-corrected chi connectivity index (χ3v) is 3.82. The predicted octanol–water partition coefficient (Wildman–Crippen LogP) is 1.49. The summed E-state index contributed by atoms with van der Waals surface area (Å²) in [5.41, 5.74) is 0.957. The van der Waals surface area contributed by atoms with Crippen molar-refractivity contribution >= 4 is 17.9 Å². The van der Waals surface area contributed by atoms with Gasteiger partial charge in [0.25, 0.3) is 0 Å². The average Bonchev–Trinajstić information content (AvgIpc) is 2.59. The number of likely N-dealkylation sites (tertiary alicyclic amines) is 1. The zero-order chi connectivity index (χ0) is 18.2. The molecule has 1 aromatic carbocycles. The number of carbonyl (C=O) groups is 3. The molecule has 0 saturated carbocycles. The molecule has 7 heteroatoms. The minimum Gasteiger partial charge on any atom is -0.460 e. The van der Waals surface area contributed by atoms with Crippen LogP contribution in [-0.4, -0.2) is 48.6 Å². The highest BCUT2D eigenvalue weighted by Crippen LogP contribution is 2.23. The summed E-state index contributed by atoms with van der Waals surface area (Å²) in [6, 6.07) is 9.00. The molecular weight excluding hydrogens is 324 g/mol. The standard InChI is InChI=1S/C18H22N2O5/c1-3-9-19-18(23)20-10-15(17(20)22)13(2)25-16(21)12-24-11-14-7-5-4-6-8-14/h3-8,13,15H,1,9-12H2,2H3,(H,19,23)/t13-,15+/m1/s1. The highest BCUT2D eigenvalue weighted by atomic mass is 16.6. The lowest BCUT2D eigenvalue weighted by Crippen LogP contribution is -2.61. The van der Waals surface area contributed by atoms with Crippen molar-refractivity contribution < 1.29 is 23.9 Å². The molecule has 2 rings (SSSR count). The van der Waals surface area contributed by atoms with E-state index in [1.165, 1.54) is 6.08 Å². The number of nitrogens with one attached hydrogen (secondary N) is 1. The van der Waals surface area contributed by atoms with Crippen molar-refractivity contribution in [3.63, 3.8) is 0 Å². The summed E-state index contributed by atoms with van der Waals surface area (Å²) in [7, 11) is 0. The van der Waals surface area contributed by atoms with Crippen molar-refractivity contribution in [1.82, 2.24) is 10.2 Å². The van der Waals surface area contributed by atoms with E-state index in [1.807, 2.05) is 30.3 Å². The quantitative estimate of drug-likeness (QED) is 0.438. The molecule has 7 nitrogen and oxygen atoms in total. The first-order valence-corrected chi connectivity index (χ1v) is 8.04. The number of amides is 3. The van der Waals surface area contributed by atoms with E-state index in [0.717, 1.165) is 10.5 Å². The molecule has 0 radical (unpaired) electrons. The van der Waals surface area contributed by atoms with E-state index in [2.05, 4.69) is 11.9 Å². The first-order chi connectivity index (χ1) is 12.0. The monoisotopic (exact) mass is 346 g/mol. The number of hydrogen-bond donors (Lipinski definition) is 1. The Bertz CT molecular complexity index is 632. The van der Waals surface area contributed by atoms with E-state index in [9.17, 15) is 14.4 Å². The maximum atomic E-state index is 12.0. The lowest BCUT2D eigenvalue weighted by Gasteiger charge is -2.39. The summed E-state index contributed by atoms with van der Waals surface area (Å²) in [6.45, 7) is 5.75. The Balaban J connectivity index is 1.68. The third kappa shape index (κ3) is 5.15. The summed E-state index contributed by atoms with van der Waals surface area (Å²) in [6.07, 6.45) is 0.920. The van der Waals surface area contributed by atoms with E-state index >= 15 is 0 Å². The van der Waals surface area contributed by atoms with Crippen LogP contribution in [0.1, 0.15) is 12.5 Å². The van der Waals surface area contributed by atoms with Crippen molar-refractivity contribution in [3.05, 3.63) is 48.6 Å². The van der Waals surface area contributed by atoms with Crippen molar-refractivity contribution in [2.75, 3.05) is 19.7 Å². The number of nitrogens with zero attached hydrogens (tertiary/aromatic N) is 1. The summed E-state index contributed by atoms with van der Waals surface area (Å²) in [5, 5.41) is 2.53. The van der Waals surface area contributed by atoms with Crippen LogP contribution in [-0.2, 0) is 25.7 Å². The fourth-order valence-electron chi connectivity index (χ4n) is 2.39. The number of esters is 1. The predicted molar refractivity (Wildman–Crippen MR) is 90.5 cm³/mol. The summed E-state index contributed by atoms with van der Waals surface area (Å²) in [4.78, 5) is 36.6. The number of carbonyl (C=O) groups excluding carboxylic acids is 3. The van der Waals surface area contributed by atoms with Gasteiger partial charge in [0.15, 0.2) is 0 Å². The van der Waals surface area contributed by atoms with E-state index < -0.39 is 24.0 Å². The Morgan fingerprint density at radius 2 is 2.12 bits per heavy atom. The van der Waals surface area contributed by atoms with Crippen LogP contribution in [0.2, 0.25) is 0 Å². The maximum Gasteiger partial charge on any atom is 0.332 e. The molecule has 0 aromatic heterocycles. The van der Waals surface area contributed by atoms with Gasteiger partial charge in [0.2, 0.25) is 5.91 Å². The average molecular weight is 346 g/mol. The zero-order valence-corrected chi connectivity index (χ0v) is 14.1. The Hall–Kier alpha value is -2.67. The molecule has 0 unspecified atom stereocenters. The molecule has 0 bridgehead atoms. The van der Waals surface area contributed by atoms with Crippen LogP contribution in [0.15, 0.2) is 43.0 Å². The normalized spacial score (nSPS) is 17.4. The van der Waals surface area contributed by atoms with Gasteiger partial charge in [-0.15, -0.1) is 6.58 Å². The zero-order valence-electron chi connectivity index (χ0n) is 14.1. The van der Waals surface area contributed by atoms with Crippen LogP contribution in [0.3, 0.4) is 0 Å². The molecule has 1 saturated heterocycles. The van der Waals surface area contributed by atoms with Crippen molar-refractivity contribution in [1.29, 1.82) is 0 Å². The Morgan fingerprint density at radius 1 is 1.40 bits per heavy atom. The van der Waals surface area contributed by atoms with Gasteiger partial charge in [-0.2, -0.15) is 0 Å². The van der Waals surface area contributed by atoms with Crippen LogP contribution in [0.5, 0.6) is 0 Å². The highest BCUT2D eigenvalue weighted by molar-refractivity contribution is 6.00. The topological polar surface area (TPSA) is 84.9 Å². The number of benzene rings is 1. The van der Waals surface area contributed by atoms with E-state index in [4.69, 9.17) is 9.47 Å². The van der Waals surface area contributed by atoms with Gasteiger partial charge >= 0.3 is 12.0 Å². The van der Waals surface area contributed by atoms with Crippen molar-refractivity contribution in [2.45, 2.75) is 19.6 Å². The smallest absolute Gasteiger partial charge is 0.332 e. The van der Waals surface area contributed by atoms with Gasteiger partial charge in [-0.25, -0.2) is 9.59 Å². The first-order valence-electron chi connectivity index (χ1n) is 8.04. The molecule has 134 valence electrons. The lowest BCUT2D eigenvalue weighted by molar-refractivity contribution is -0.165. The summed E-state index contributed by atoms with van der Waals surface area (Å²) in [5.74, 6) is -1.40. The van der Waals surface area contributed by atoms with Crippen LogP contribution in [0.4, 0.5) is 4.79 Å². The molecule has 0 aliphatic carbocycles. The van der Waals surface area contributed by atoms with Crippen LogP contribution in [0.25, 0.3) is 0 Å². The molecule has 2 atom stereocenters. The van der Waals surface area contributed by atoms with E-state index in [-0.39, 0.29) is 25.6 Å². The molecule has 0 spiro atoms. The number of rotatable bonds is 8. The molecule has 25 heavy (non-hydrogen) atoms. The Morgan fingerprint density at radius 3 is 2.76 bits per heavy atom. The maximum absolute atomic E-state index is 12.0. The number of ether oxygens (including phenoxy) is 2. The van der Waals surface area contributed by atoms with Gasteiger partial charge in [0.1, 0.15) is 12.7 Å². The number of urea groups is 1. The van der Waals surface area contributed by atoms with Crippen LogP contribution >= 0.6 is 0 Å². The van der Waals surface area contributed by atoms with E-state index in [1.54, 1.807) is 6.92 Å². The highest BCUT2D eigenvalue weighted by Gasteiger charge is 2.45. The largest absolute Gasteiger partial charge is 0.460 e. The SMILES string of the molecule is C=CCNC(=O)N1C[C@@H]([C@@H](C)OC(=O)COCc2ccccc2)C1=O.